The number of benzene rings is 1. The molecule has 0 heterocycles. The molecule has 11 heavy (non-hydrogen) atoms. The van der Waals surface area contributed by atoms with E-state index < -0.39 is 0 Å². The molecule has 0 saturated carbocycles. The summed E-state index contributed by atoms with van der Waals surface area (Å²) in [6.07, 6.45) is 0. The summed E-state index contributed by atoms with van der Waals surface area (Å²) in [6.45, 7) is 1.71. The molecule has 0 amide bonds. The van der Waals surface area contributed by atoms with E-state index >= 15 is 0 Å². The summed E-state index contributed by atoms with van der Waals surface area (Å²) in [7, 11) is 0. The lowest BCUT2D eigenvalue weighted by molar-refractivity contribution is 0.0985. The van der Waals surface area contributed by atoms with Gasteiger partial charge >= 0.3 is 0 Å². The van der Waals surface area contributed by atoms with Gasteiger partial charge in [-0.15, -0.1) is 0 Å². The first-order valence-electron chi connectivity index (χ1n) is 3.24. The van der Waals surface area contributed by atoms with Crippen molar-refractivity contribution in [2.24, 2.45) is 0 Å². The summed E-state index contributed by atoms with van der Waals surface area (Å²) >= 11 is 3.35. The molecule has 0 spiro atoms. The second kappa shape index (κ2) is 3.74. The van der Waals surface area contributed by atoms with Crippen molar-refractivity contribution >= 4 is 15.9 Å². The van der Waals surface area contributed by atoms with Gasteiger partial charge in [0.1, 0.15) is 5.75 Å². The molecule has 0 aliphatic carbocycles. The Balaban J connectivity index is 2.86. The summed E-state index contributed by atoms with van der Waals surface area (Å²) < 4.78 is 5.86. The quantitative estimate of drug-likeness (QED) is 0.768. The van der Waals surface area contributed by atoms with E-state index in [1.165, 1.54) is 0 Å². The molecule has 0 radical (unpaired) electrons. The second-order valence-corrected chi connectivity index (χ2v) is 3.04. The van der Waals surface area contributed by atoms with Gasteiger partial charge in [-0.3, -0.25) is 0 Å². The molecule has 2 nitrogen and oxygen atoms in total. The zero-order valence-electron chi connectivity index (χ0n) is 6.17. The lowest BCUT2D eigenvalue weighted by atomic mass is 10.2. The van der Waals surface area contributed by atoms with Crippen LogP contribution < -0.4 is 4.74 Å². The SMILES string of the molecule is Cc1ccc(OCO)cc1Br. The van der Waals surface area contributed by atoms with E-state index in [9.17, 15) is 0 Å². The largest absolute Gasteiger partial charge is 0.468 e. The molecule has 0 fully saturated rings. The van der Waals surface area contributed by atoms with E-state index in [4.69, 9.17) is 9.84 Å². The van der Waals surface area contributed by atoms with Gasteiger partial charge in [-0.1, -0.05) is 22.0 Å². The van der Waals surface area contributed by atoms with Crippen molar-refractivity contribution in [2.45, 2.75) is 6.92 Å². The zero-order valence-corrected chi connectivity index (χ0v) is 7.76. The first-order valence-corrected chi connectivity index (χ1v) is 4.03. The maximum Gasteiger partial charge on any atom is 0.186 e. The first-order chi connectivity index (χ1) is 5.24. The van der Waals surface area contributed by atoms with Crippen molar-refractivity contribution < 1.29 is 9.84 Å². The molecule has 0 aromatic heterocycles. The maximum atomic E-state index is 8.44. The van der Waals surface area contributed by atoms with E-state index in [1.54, 1.807) is 0 Å². The van der Waals surface area contributed by atoms with Crippen LogP contribution in [0.1, 0.15) is 5.56 Å². The van der Waals surface area contributed by atoms with Crippen LogP contribution in [0.3, 0.4) is 0 Å². The number of hydrogen-bond acceptors (Lipinski definition) is 2. The van der Waals surface area contributed by atoms with Crippen LogP contribution in [0.2, 0.25) is 0 Å². The van der Waals surface area contributed by atoms with Crippen molar-refractivity contribution in [2.75, 3.05) is 6.79 Å². The Morgan fingerprint density at radius 3 is 2.82 bits per heavy atom. The topological polar surface area (TPSA) is 29.5 Å². The van der Waals surface area contributed by atoms with Gasteiger partial charge in [-0.2, -0.15) is 0 Å². The summed E-state index contributed by atoms with van der Waals surface area (Å²) in [5.74, 6) is 0.671. The third-order valence-electron chi connectivity index (χ3n) is 1.37. The fraction of sp³-hybridized carbons (Fsp3) is 0.250. The van der Waals surface area contributed by atoms with Crippen molar-refractivity contribution in [1.82, 2.24) is 0 Å². The van der Waals surface area contributed by atoms with Crippen molar-refractivity contribution in [3.05, 3.63) is 28.2 Å². The fourth-order valence-electron chi connectivity index (χ4n) is 0.738. The molecule has 0 aliphatic heterocycles. The number of hydrogen-bond donors (Lipinski definition) is 1. The summed E-state index contributed by atoms with van der Waals surface area (Å²) in [5, 5.41) is 8.44. The fourth-order valence-corrected chi connectivity index (χ4v) is 1.10. The highest BCUT2D eigenvalue weighted by Gasteiger charge is 1.96. The highest BCUT2D eigenvalue weighted by Crippen LogP contribution is 2.21. The van der Waals surface area contributed by atoms with Crippen LogP contribution in [0.15, 0.2) is 22.7 Å². The minimum Gasteiger partial charge on any atom is -0.468 e. The Bertz CT molecular complexity index is 248. The van der Waals surface area contributed by atoms with Gasteiger partial charge in [0.25, 0.3) is 0 Å². The molecule has 0 unspecified atom stereocenters. The van der Waals surface area contributed by atoms with Crippen LogP contribution in [0.5, 0.6) is 5.75 Å². The minimum atomic E-state index is -0.282. The third-order valence-corrected chi connectivity index (χ3v) is 2.23. The van der Waals surface area contributed by atoms with Crippen molar-refractivity contribution in [1.29, 1.82) is 0 Å². The summed E-state index contributed by atoms with van der Waals surface area (Å²) in [4.78, 5) is 0. The lowest BCUT2D eigenvalue weighted by Gasteiger charge is -2.03. The highest BCUT2D eigenvalue weighted by atomic mass is 79.9. The highest BCUT2D eigenvalue weighted by molar-refractivity contribution is 9.10. The average molecular weight is 217 g/mol. The van der Waals surface area contributed by atoms with Crippen molar-refractivity contribution in [3.63, 3.8) is 0 Å². The Morgan fingerprint density at radius 2 is 2.27 bits per heavy atom. The van der Waals surface area contributed by atoms with Gasteiger partial charge in [0.2, 0.25) is 0 Å². The van der Waals surface area contributed by atoms with Gasteiger partial charge < -0.3 is 9.84 Å². The van der Waals surface area contributed by atoms with Crippen molar-refractivity contribution in [3.8, 4) is 5.75 Å². The van der Waals surface area contributed by atoms with E-state index in [0.717, 1.165) is 10.0 Å². The molecule has 0 aliphatic rings. The normalized spacial score (nSPS) is 9.73. The van der Waals surface area contributed by atoms with E-state index in [2.05, 4.69) is 15.9 Å². The predicted molar refractivity (Wildman–Crippen MR) is 46.6 cm³/mol. The number of aliphatic hydroxyl groups is 1. The van der Waals surface area contributed by atoms with Crippen LogP contribution in [0.4, 0.5) is 0 Å². The molecule has 1 aromatic rings. The van der Waals surface area contributed by atoms with Crippen LogP contribution >= 0.6 is 15.9 Å². The lowest BCUT2D eigenvalue weighted by Crippen LogP contribution is -1.94. The van der Waals surface area contributed by atoms with Gasteiger partial charge in [0.15, 0.2) is 6.79 Å². The Morgan fingerprint density at radius 1 is 1.55 bits per heavy atom. The van der Waals surface area contributed by atoms with Gasteiger partial charge in [0, 0.05) is 4.47 Å². The van der Waals surface area contributed by atoms with Gasteiger partial charge in [-0.05, 0) is 24.6 Å². The molecule has 1 N–H and O–H groups in total. The number of aliphatic hydroxyl groups excluding tert-OH is 1. The summed E-state index contributed by atoms with van der Waals surface area (Å²) in [5.41, 5.74) is 1.15. The standard InChI is InChI=1S/C8H9BrO2/c1-6-2-3-7(11-5-10)4-8(6)9/h2-4,10H,5H2,1H3. The first kappa shape index (κ1) is 8.56. The average Bonchev–Trinajstić information content (AvgIpc) is 1.98. The van der Waals surface area contributed by atoms with Crippen LogP contribution in [-0.2, 0) is 0 Å². The molecule has 1 rings (SSSR count). The van der Waals surface area contributed by atoms with E-state index in [1.807, 2.05) is 25.1 Å². The molecular weight excluding hydrogens is 208 g/mol. The van der Waals surface area contributed by atoms with Gasteiger partial charge in [0.05, 0.1) is 0 Å². The van der Waals surface area contributed by atoms with E-state index in [-0.39, 0.29) is 6.79 Å². The van der Waals surface area contributed by atoms with Crippen LogP contribution in [0.25, 0.3) is 0 Å². The zero-order chi connectivity index (χ0) is 8.27. The molecule has 3 heteroatoms. The molecule has 1 aromatic carbocycles. The number of halogens is 1. The molecule has 0 saturated heterocycles. The third kappa shape index (κ3) is 2.20. The Labute approximate surface area is 73.9 Å². The Kier molecular flexibility index (Phi) is 2.91. The second-order valence-electron chi connectivity index (χ2n) is 2.18. The predicted octanol–water partition coefficient (Wildman–Crippen LogP) is 2.09. The molecule has 0 atom stereocenters. The number of aryl methyl sites for hydroxylation is 1. The summed E-state index contributed by atoms with van der Waals surface area (Å²) in [6, 6.07) is 5.57. The molecule has 60 valence electrons. The number of ether oxygens (including phenoxy) is 1. The van der Waals surface area contributed by atoms with E-state index in [0.29, 0.717) is 5.75 Å². The minimum absolute atomic E-state index is 0.282. The smallest absolute Gasteiger partial charge is 0.186 e. The van der Waals surface area contributed by atoms with Crippen LogP contribution in [0, 0.1) is 6.92 Å². The molecular formula is C8H9BrO2. The monoisotopic (exact) mass is 216 g/mol. The molecule has 0 bridgehead atoms. The van der Waals surface area contributed by atoms with Crippen LogP contribution in [-0.4, -0.2) is 11.9 Å². The number of rotatable bonds is 2. The van der Waals surface area contributed by atoms with Gasteiger partial charge in [-0.25, -0.2) is 0 Å². The Hall–Kier alpha value is -0.540. The maximum absolute atomic E-state index is 8.44.